The standard InChI is InChI=1S/C17H26N2O3S/c20-12-15-8-4-5-9-16(15)19-17(21)18-10-11-23(22)13-14-6-2-1-3-7-14/h1-3,6-7,15-16,20H,4-5,8-13H2,(H2,18,19,21). The van der Waals surface area contributed by atoms with Crippen molar-refractivity contribution in [2.75, 3.05) is 18.9 Å². The SMILES string of the molecule is O=C(NCCS(=O)Cc1ccccc1)NC1CCCCC1CO. The molecule has 0 bridgehead atoms. The monoisotopic (exact) mass is 338 g/mol. The molecule has 1 saturated carbocycles. The molecular formula is C17H26N2O3S. The van der Waals surface area contributed by atoms with E-state index in [1.54, 1.807) is 0 Å². The van der Waals surface area contributed by atoms with Gasteiger partial charge in [0.1, 0.15) is 0 Å². The summed E-state index contributed by atoms with van der Waals surface area (Å²) in [5, 5.41) is 15.1. The van der Waals surface area contributed by atoms with Gasteiger partial charge in [-0.25, -0.2) is 4.79 Å². The lowest BCUT2D eigenvalue weighted by Crippen LogP contribution is -2.48. The summed E-state index contributed by atoms with van der Waals surface area (Å²) in [5.74, 6) is 1.11. The summed E-state index contributed by atoms with van der Waals surface area (Å²) in [7, 11) is -0.985. The molecule has 1 aliphatic rings. The van der Waals surface area contributed by atoms with Gasteiger partial charge in [-0.2, -0.15) is 0 Å². The molecule has 3 N–H and O–H groups in total. The van der Waals surface area contributed by atoms with Crippen LogP contribution in [0.1, 0.15) is 31.2 Å². The zero-order chi connectivity index (χ0) is 16.5. The van der Waals surface area contributed by atoms with E-state index in [1.165, 1.54) is 0 Å². The zero-order valence-electron chi connectivity index (χ0n) is 13.4. The molecule has 0 radical (unpaired) electrons. The molecule has 0 aromatic heterocycles. The fraction of sp³-hybridized carbons (Fsp3) is 0.588. The molecule has 1 aliphatic carbocycles. The molecule has 1 fully saturated rings. The van der Waals surface area contributed by atoms with Gasteiger partial charge in [0.2, 0.25) is 0 Å². The fourth-order valence-corrected chi connectivity index (χ4v) is 3.98. The van der Waals surface area contributed by atoms with Crippen molar-refractivity contribution in [1.82, 2.24) is 10.6 Å². The summed E-state index contributed by atoms with van der Waals surface area (Å²) in [4.78, 5) is 11.9. The lowest BCUT2D eigenvalue weighted by Gasteiger charge is -2.30. The Bertz CT molecular complexity index is 510. The molecule has 3 atom stereocenters. The number of hydrogen-bond acceptors (Lipinski definition) is 3. The predicted molar refractivity (Wildman–Crippen MR) is 92.5 cm³/mol. The van der Waals surface area contributed by atoms with Crippen molar-refractivity contribution < 1.29 is 14.1 Å². The Morgan fingerprint density at radius 1 is 1.22 bits per heavy atom. The van der Waals surface area contributed by atoms with Crippen LogP contribution in [0.2, 0.25) is 0 Å². The molecule has 0 heterocycles. The predicted octanol–water partition coefficient (Wildman–Crippen LogP) is 1.79. The molecule has 6 heteroatoms. The Morgan fingerprint density at radius 3 is 2.70 bits per heavy atom. The van der Waals surface area contributed by atoms with Crippen LogP contribution in [0.15, 0.2) is 30.3 Å². The van der Waals surface area contributed by atoms with Crippen LogP contribution in [0.4, 0.5) is 4.79 Å². The average molecular weight is 338 g/mol. The molecule has 0 aliphatic heterocycles. The Hall–Kier alpha value is -1.40. The number of carbonyl (C=O) groups is 1. The number of aliphatic hydroxyl groups excluding tert-OH is 1. The van der Waals surface area contributed by atoms with E-state index >= 15 is 0 Å². The number of aliphatic hydroxyl groups is 1. The summed E-state index contributed by atoms with van der Waals surface area (Å²) in [6.07, 6.45) is 4.08. The van der Waals surface area contributed by atoms with Crippen LogP contribution in [0.25, 0.3) is 0 Å². The fourth-order valence-electron chi connectivity index (χ4n) is 2.95. The number of carbonyl (C=O) groups excluding carboxylic acids is 1. The third-order valence-corrected chi connectivity index (χ3v) is 5.56. The Balaban J connectivity index is 1.65. The molecule has 3 unspecified atom stereocenters. The molecule has 2 amide bonds. The van der Waals surface area contributed by atoms with Gasteiger partial charge in [0.05, 0.1) is 0 Å². The summed E-state index contributed by atoms with van der Waals surface area (Å²) in [5.41, 5.74) is 1.04. The lowest BCUT2D eigenvalue weighted by molar-refractivity contribution is 0.154. The Kier molecular flexibility index (Phi) is 7.55. The highest BCUT2D eigenvalue weighted by atomic mass is 32.2. The minimum atomic E-state index is -0.985. The maximum Gasteiger partial charge on any atom is 0.315 e. The second kappa shape index (κ2) is 9.67. The molecule has 23 heavy (non-hydrogen) atoms. The first kappa shape index (κ1) is 17.9. The van der Waals surface area contributed by atoms with Crippen LogP contribution < -0.4 is 10.6 Å². The average Bonchev–Trinajstić information content (AvgIpc) is 2.56. The second-order valence-corrected chi connectivity index (χ2v) is 7.58. The van der Waals surface area contributed by atoms with Crippen LogP contribution in [-0.2, 0) is 16.6 Å². The second-order valence-electron chi connectivity index (χ2n) is 6.01. The number of amides is 2. The van der Waals surface area contributed by atoms with Gasteiger partial charge in [-0.3, -0.25) is 4.21 Å². The molecule has 1 aromatic rings. The highest BCUT2D eigenvalue weighted by Gasteiger charge is 2.25. The van der Waals surface area contributed by atoms with E-state index in [9.17, 15) is 14.1 Å². The summed E-state index contributed by atoms with van der Waals surface area (Å²) in [6.45, 7) is 0.508. The minimum Gasteiger partial charge on any atom is -0.396 e. The zero-order valence-corrected chi connectivity index (χ0v) is 14.2. The van der Waals surface area contributed by atoms with Gasteiger partial charge in [0, 0.05) is 47.4 Å². The van der Waals surface area contributed by atoms with E-state index < -0.39 is 10.8 Å². The van der Waals surface area contributed by atoms with Crippen molar-refractivity contribution in [3.63, 3.8) is 0 Å². The highest BCUT2D eigenvalue weighted by molar-refractivity contribution is 7.84. The van der Waals surface area contributed by atoms with Gasteiger partial charge in [-0.05, 0) is 18.4 Å². The molecule has 128 valence electrons. The van der Waals surface area contributed by atoms with Crippen molar-refractivity contribution in [3.05, 3.63) is 35.9 Å². The summed E-state index contributed by atoms with van der Waals surface area (Å²) < 4.78 is 12.0. The molecule has 0 spiro atoms. The van der Waals surface area contributed by atoms with Crippen molar-refractivity contribution >= 4 is 16.8 Å². The summed E-state index contributed by atoms with van der Waals surface area (Å²) >= 11 is 0. The largest absolute Gasteiger partial charge is 0.396 e. The molecular weight excluding hydrogens is 312 g/mol. The topological polar surface area (TPSA) is 78.4 Å². The lowest BCUT2D eigenvalue weighted by atomic mass is 9.85. The number of nitrogens with one attached hydrogen (secondary N) is 2. The van der Waals surface area contributed by atoms with Gasteiger partial charge in [-0.15, -0.1) is 0 Å². The van der Waals surface area contributed by atoms with Crippen LogP contribution >= 0.6 is 0 Å². The van der Waals surface area contributed by atoms with Crippen molar-refractivity contribution in [1.29, 1.82) is 0 Å². The molecule has 5 nitrogen and oxygen atoms in total. The van der Waals surface area contributed by atoms with E-state index in [0.717, 1.165) is 31.2 Å². The van der Waals surface area contributed by atoms with Crippen LogP contribution in [0.5, 0.6) is 0 Å². The Morgan fingerprint density at radius 2 is 1.96 bits per heavy atom. The van der Waals surface area contributed by atoms with Crippen LogP contribution in [0.3, 0.4) is 0 Å². The minimum absolute atomic E-state index is 0.0450. The summed E-state index contributed by atoms with van der Waals surface area (Å²) in [6, 6.07) is 9.52. The van der Waals surface area contributed by atoms with Crippen molar-refractivity contribution in [2.45, 2.75) is 37.5 Å². The first-order valence-electron chi connectivity index (χ1n) is 8.23. The van der Waals surface area contributed by atoms with E-state index in [0.29, 0.717) is 18.1 Å². The van der Waals surface area contributed by atoms with E-state index in [-0.39, 0.29) is 24.6 Å². The molecule has 0 saturated heterocycles. The van der Waals surface area contributed by atoms with Gasteiger partial charge in [0.15, 0.2) is 0 Å². The van der Waals surface area contributed by atoms with Crippen LogP contribution in [0, 0.1) is 5.92 Å². The van der Waals surface area contributed by atoms with Gasteiger partial charge in [-0.1, -0.05) is 43.2 Å². The van der Waals surface area contributed by atoms with Gasteiger partial charge < -0.3 is 15.7 Å². The van der Waals surface area contributed by atoms with E-state index in [2.05, 4.69) is 10.6 Å². The number of rotatable bonds is 7. The smallest absolute Gasteiger partial charge is 0.315 e. The van der Waals surface area contributed by atoms with Crippen molar-refractivity contribution in [2.24, 2.45) is 5.92 Å². The number of hydrogen-bond donors (Lipinski definition) is 3. The highest BCUT2D eigenvalue weighted by Crippen LogP contribution is 2.23. The first-order valence-corrected chi connectivity index (χ1v) is 9.72. The van der Waals surface area contributed by atoms with E-state index in [1.807, 2.05) is 30.3 Å². The van der Waals surface area contributed by atoms with E-state index in [4.69, 9.17) is 0 Å². The first-order chi connectivity index (χ1) is 11.2. The molecule has 1 aromatic carbocycles. The Labute approximate surface area is 140 Å². The number of urea groups is 1. The van der Waals surface area contributed by atoms with Crippen molar-refractivity contribution in [3.8, 4) is 0 Å². The maximum absolute atomic E-state index is 12.0. The van der Waals surface area contributed by atoms with Gasteiger partial charge >= 0.3 is 6.03 Å². The normalized spacial score (nSPS) is 22.3. The number of benzene rings is 1. The quantitative estimate of drug-likeness (QED) is 0.709. The van der Waals surface area contributed by atoms with Gasteiger partial charge in [0.25, 0.3) is 0 Å². The van der Waals surface area contributed by atoms with Crippen LogP contribution in [-0.4, -0.2) is 40.3 Å². The molecule has 2 rings (SSSR count). The third kappa shape index (κ3) is 6.31. The third-order valence-electron chi connectivity index (χ3n) is 4.25. The maximum atomic E-state index is 12.0.